The number of nitrogens with two attached hydrogens (primary N) is 1. The maximum atomic E-state index is 9.28. The first-order valence-corrected chi connectivity index (χ1v) is 3.77. The van der Waals surface area contributed by atoms with Gasteiger partial charge < -0.3 is 30.0 Å². The topological polar surface area (TPSA) is 125 Å². The van der Waals surface area contributed by atoms with Crippen molar-refractivity contribution >= 4 is 0 Å². The predicted octanol–water partition coefficient (Wildman–Crippen LogP) is -3.32. The molecular weight excluding hydrogens is 182 g/mol. The van der Waals surface area contributed by atoms with Crippen molar-refractivity contribution in [2.24, 2.45) is 5.90 Å². The summed E-state index contributed by atoms with van der Waals surface area (Å²) in [5.74, 6) is 4.73. The van der Waals surface area contributed by atoms with Gasteiger partial charge in [-0.05, 0) is 0 Å². The standard InChI is InChI=1S/C6H13NO6/c7-12-1-2-3(8)4(9)5(10)6(11)13-2/h2-6,8-11H,1,7H2/t2-,3-,4+,5-,6+/m1/s1. The molecule has 0 aromatic carbocycles. The molecule has 1 rings (SSSR count). The summed E-state index contributed by atoms with van der Waals surface area (Å²) in [7, 11) is 0. The minimum Gasteiger partial charge on any atom is -0.387 e. The van der Waals surface area contributed by atoms with Crippen LogP contribution < -0.4 is 5.90 Å². The van der Waals surface area contributed by atoms with Crippen molar-refractivity contribution < 1.29 is 30.0 Å². The molecule has 13 heavy (non-hydrogen) atoms. The summed E-state index contributed by atoms with van der Waals surface area (Å²) in [6.07, 6.45) is -6.81. The molecule has 6 N–H and O–H groups in total. The summed E-state index contributed by atoms with van der Waals surface area (Å²) < 4.78 is 4.71. The van der Waals surface area contributed by atoms with Gasteiger partial charge in [-0.1, -0.05) is 0 Å². The van der Waals surface area contributed by atoms with Gasteiger partial charge in [0.15, 0.2) is 6.29 Å². The Bertz CT molecular complexity index is 167. The molecule has 0 radical (unpaired) electrons. The molecule has 7 nitrogen and oxygen atoms in total. The Labute approximate surface area is 74.3 Å². The summed E-state index contributed by atoms with van der Waals surface area (Å²) in [4.78, 5) is 4.19. The van der Waals surface area contributed by atoms with Crippen molar-refractivity contribution in [1.29, 1.82) is 0 Å². The van der Waals surface area contributed by atoms with Gasteiger partial charge in [-0.15, -0.1) is 0 Å². The fourth-order valence-corrected chi connectivity index (χ4v) is 1.16. The molecular formula is C6H13NO6. The zero-order chi connectivity index (χ0) is 10.0. The van der Waals surface area contributed by atoms with Gasteiger partial charge in [0.2, 0.25) is 0 Å². The predicted molar refractivity (Wildman–Crippen MR) is 39.0 cm³/mol. The Morgan fingerprint density at radius 3 is 2.23 bits per heavy atom. The van der Waals surface area contributed by atoms with Crippen LogP contribution in [0.4, 0.5) is 0 Å². The normalized spacial score (nSPS) is 46.4. The first kappa shape index (κ1) is 10.8. The monoisotopic (exact) mass is 195 g/mol. The molecule has 1 aliphatic heterocycles. The van der Waals surface area contributed by atoms with Crippen LogP contribution in [0, 0.1) is 0 Å². The molecule has 1 saturated heterocycles. The van der Waals surface area contributed by atoms with Gasteiger partial charge in [-0.2, -0.15) is 0 Å². The maximum Gasteiger partial charge on any atom is 0.184 e. The molecule has 78 valence electrons. The van der Waals surface area contributed by atoms with Gasteiger partial charge in [-0.3, -0.25) is 0 Å². The highest BCUT2D eigenvalue weighted by Crippen LogP contribution is 2.19. The maximum absolute atomic E-state index is 9.28. The van der Waals surface area contributed by atoms with E-state index in [0.717, 1.165) is 0 Å². The summed E-state index contributed by atoms with van der Waals surface area (Å²) in [5, 5.41) is 36.5. The van der Waals surface area contributed by atoms with Gasteiger partial charge >= 0.3 is 0 Å². The van der Waals surface area contributed by atoms with Crippen molar-refractivity contribution in [3.8, 4) is 0 Å². The van der Waals surface area contributed by atoms with E-state index in [4.69, 9.17) is 20.8 Å². The fraction of sp³-hybridized carbons (Fsp3) is 1.00. The minimum atomic E-state index is -1.54. The molecule has 5 atom stereocenters. The number of aliphatic hydroxyl groups is 4. The van der Waals surface area contributed by atoms with Crippen molar-refractivity contribution in [2.45, 2.75) is 30.7 Å². The third-order valence-electron chi connectivity index (χ3n) is 1.95. The van der Waals surface area contributed by atoms with E-state index in [0.29, 0.717) is 0 Å². The Hall–Kier alpha value is -0.280. The molecule has 0 aliphatic carbocycles. The lowest BCUT2D eigenvalue weighted by molar-refractivity contribution is -0.288. The Morgan fingerprint density at radius 1 is 1.08 bits per heavy atom. The second kappa shape index (κ2) is 4.29. The molecule has 0 amide bonds. The van der Waals surface area contributed by atoms with E-state index in [1.165, 1.54) is 0 Å². The Kier molecular flexibility index (Phi) is 3.56. The van der Waals surface area contributed by atoms with Crippen LogP contribution in [0.25, 0.3) is 0 Å². The highest BCUT2D eigenvalue weighted by Gasteiger charge is 2.42. The highest BCUT2D eigenvalue weighted by atomic mass is 16.7. The molecule has 0 bridgehead atoms. The molecule has 0 unspecified atom stereocenters. The molecule has 7 heteroatoms. The molecule has 1 aliphatic rings. The Balaban J connectivity index is 2.59. The van der Waals surface area contributed by atoms with Crippen LogP contribution >= 0.6 is 0 Å². The lowest BCUT2D eigenvalue weighted by Crippen LogP contribution is -2.58. The van der Waals surface area contributed by atoms with Gasteiger partial charge in [0.25, 0.3) is 0 Å². The average molecular weight is 195 g/mol. The molecule has 1 heterocycles. The van der Waals surface area contributed by atoms with E-state index in [2.05, 4.69) is 4.84 Å². The van der Waals surface area contributed by atoms with Gasteiger partial charge in [0, 0.05) is 0 Å². The number of rotatable bonds is 2. The third kappa shape index (κ3) is 2.15. The van der Waals surface area contributed by atoms with Crippen LogP contribution in [0.15, 0.2) is 0 Å². The number of hydrogen-bond acceptors (Lipinski definition) is 7. The first-order chi connectivity index (χ1) is 6.07. The lowest BCUT2D eigenvalue weighted by atomic mass is 9.99. The van der Waals surface area contributed by atoms with E-state index in [1.807, 2.05) is 0 Å². The molecule has 0 aromatic heterocycles. The van der Waals surface area contributed by atoms with Crippen LogP contribution in [0.5, 0.6) is 0 Å². The fourth-order valence-electron chi connectivity index (χ4n) is 1.16. The van der Waals surface area contributed by atoms with Crippen LogP contribution in [-0.2, 0) is 9.57 Å². The Morgan fingerprint density at radius 2 is 1.69 bits per heavy atom. The summed E-state index contributed by atoms with van der Waals surface area (Å²) in [6.45, 7) is -0.179. The molecule has 0 aromatic rings. The van der Waals surface area contributed by atoms with Crippen molar-refractivity contribution in [2.75, 3.05) is 6.61 Å². The van der Waals surface area contributed by atoms with Crippen molar-refractivity contribution in [3.63, 3.8) is 0 Å². The highest BCUT2D eigenvalue weighted by molar-refractivity contribution is 4.88. The van der Waals surface area contributed by atoms with Crippen LogP contribution in [-0.4, -0.2) is 57.7 Å². The smallest absolute Gasteiger partial charge is 0.184 e. The molecule has 0 saturated carbocycles. The van der Waals surface area contributed by atoms with Crippen LogP contribution in [0.1, 0.15) is 0 Å². The molecule has 1 fully saturated rings. The van der Waals surface area contributed by atoms with Gasteiger partial charge in [0.1, 0.15) is 24.4 Å². The van der Waals surface area contributed by atoms with Crippen molar-refractivity contribution in [3.05, 3.63) is 0 Å². The first-order valence-electron chi connectivity index (χ1n) is 3.77. The van der Waals surface area contributed by atoms with E-state index < -0.39 is 30.7 Å². The SMILES string of the molecule is NOC[C@H]1O[C@H](O)[C@H](O)[C@@H](O)[C@@H]1O. The largest absolute Gasteiger partial charge is 0.387 e. The minimum absolute atomic E-state index is 0.179. The summed E-state index contributed by atoms with van der Waals surface area (Å²) in [6, 6.07) is 0. The number of aliphatic hydroxyl groups excluding tert-OH is 4. The van der Waals surface area contributed by atoms with Crippen LogP contribution in [0.3, 0.4) is 0 Å². The van der Waals surface area contributed by atoms with Crippen molar-refractivity contribution in [1.82, 2.24) is 0 Å². The quantitative estimate of drug-likeness (QED) is 0.292. The van der Waals surface area contributed by atoms with E-state index >= 15 is 0 Å². The average Bonchev–Trinajstić information content (AvgIpc) is 2.11. The summed E-state index contributed by atoms with van der Waals surface area (Å²) in [5.41, 5.74) is 0. The van der Waals surface area contributed by atoms with E-state index in [-0.39, 0.29) is 6.61 Å². The second-order valence-electron chi connectivity index (χ2n) is 2.87. The van der Waals surface area contributed by atoms with Crippen LogP contribution in [0.2, 0.25) is 0 Å². The third-order valence-corrected chi connectivity index (χ3v) is 1.95. The van der Waals surface area contributed by atoms with Gasteiger partial charge in [0.05, 0.1) is 6.61 Å². The van der Waals surface area contributed by atoms with E-state index in [1.54, 1.807) is 0 Å². The molecule has 0 spiro atoms. The lowest BCUT2D eigenvalue weighted by Gasteiger charge is -2.37. The van der Waals surface area contributed by atoms with E-state index in [9.17, 15) is 10.2 Å². The second-order valence-corrected chi connectivity index (χ2v) is 2.87. The zero-order valence-corrected chi connectivity index (χ0v) is 6.78. The number of ether oxygens (including phenoxy) is 1. The number of hydrogen-bond donors (Lipinski definition) is 5. The van der Waals surface area contributed by atoms with Gasteiger partial charge in [-0.25, -0.2) is 5.90 Å². The summed E-state index contributed by atoms with van der Waals surface area (Å²) >= 11 is 0. The zero-order valence-electron chi connectivity index (χ0n) is 6.78.